The molecular formula is C11H13BrFNO. The number of amides is 1. The number of nitrogens with one attached hydrogen (secondary N) is 1. The molecule has 0 aromatic heterocycles. The van der Waals surface area contributed by atoms with Gasteiger partial charge in [-0.2, -0.15) is 0 Å². The van der Waals surface area contributed by atoms with Gasteiger partial charge in [0.05, 0.1) is 6.42 Å². The molecule has 1 aromatic rings. The molecule has 0 radical (unpaired) electrons. The second kappa shape index (κ2) is 5.26. The maximum atomic E-state index is 12.9. The minimum Gasteiger partial charge on any atom is -0.354 e. The van der Waals surface area contributed by atoms with Crippen molar-refractivity contribution >= 4 is 21.8 Å². The third-order valence-corrected chi connectivity index (χ3v) is 2.58. The molecular weight excluding hydrogens is 261 g/mol. The Kier molecular flexibility index (Phi) is 4.27. The lowest BCUT2D eigenvalue weighted by Gasteiger charge is -2.09. The van der Waals surface area contributed by atoms with E-state index in [1.807, 2.05) is 13.8 Å². The molecule has 2 nitrogen and oxygen atoms in total. The fourth-order valence-corrected chi connectivity index (χ4v) is 1.61. The second-order valence-electron chi connectivity index (χ2n) is 3.63. The largest absolute Gasteiger partial charge is 0.354 e. The smallest absolute Gasteiger partial charge is 0.224 e. The molecule has 0 heterocycles. The number of halogens is 2. The molecule has 15 heavy (non-hydrogen) atoms. The van der Waals surface area contributed by atoms with Gasteiger partial charge in [0.25, 0.3) is 0 Å². The first-order valence-electron chi connectivity index (χ1n) is 4.72. The summed E-state index contributed by atoms with van der Waals surface area (Å²) in [5.74, 6) is -0.429. The highest BCUT2D eigenvalue weighted by Gasteiger charge is 2.08. The monoisotopic (exact) mass is 273 g/mol. The van der Waals surface area contributed by atoms with Crippen molar-refractivity contribution in [2.24, 2.45) is 0 Å². The zero-order chi connectivity index (χ0) is 11.4. The summed E-state index contributed by atoms with van der Waals surface area (Å²) in [6, 6.07) is 4.43. The topological polar surface area (TPSA) is 29.1 Å². The summed E-state index contributed by atoms with van der Waals surface area (Å²) in [7, 11) is 0. The van der Waals surface area contributed by atoms with Gasteiger partial charge in [-0.3, -0.25) is 4.79 Å². The molecule has 0 spiro atoms. The quantitative estimate of drug-likeness (QED) is 0.902. The Hall–Kier alpha value is -0.900. The van der Waals surface area contributed by atoms with Crippen LogP contribution in [0.2, 0.25) is 0 Å². The van der Waals surface area contributed by atoms with Crippen molar-refractivity contribution < 1.29 is 9.18 Å². The molecule has 1 aromatic carbocycles. The minimum absolute atomic E-state index is 0.101. The van der Waals surface area contributed by atoms with Crippen LogP contribution in [0.5, 0.6) is 0 Å². The molecule has 0 bridgehead atoms. The van der Waals surface area contributed by atoms with Gasteiger partial charge in [-0.25, -0.2) is 4.39 Å². The van der Waals surface area contributed by atoms with E-state index in [4.69, 9.17) is 0 Å². The van der Waals surface area contributed by atoms with Gasteiger partial charge in [-0.15, -0.1) is 0 Å². The fourth-order valence-electron chi connectivity index (χ4n) is 1.22. The van der Waals surface area contributed by atoms with Crippen LogP contribution < -0.4 is 5.32 Å². The Balaban J connectivity index is 2.71. The van der Waals surface area contributed by atoms with Crippen molar-refractivity contribution in [2.75, 3.05) is 0 Å². The Morgan fingerprint density at radius 3 is 2.80 bits per heavy atom. The zero-order valence-electron chi connectivity index (χ0n) is 8.68. The van der Waals surface area contributed by atoms with Crippen LogP contribution in [-0.2, 0) is 11.2 Å². The van der Waals surface area contributed by atoms with Crippen LogP contribution >= 0.6 is 15.9 Å². The number of hydrogen-bond donors (Lipinski definition) is 1. The summed E-state index contributed by atoms with van der Waals surface area (Å²) in [6.45, 7) is 3.77. The minimum atomic E-state index is -0.328. The van der Waals surface area contributed by atoms with Gasteiger partial charge in [-0.1, -0.05) is 15.9 Å². The average Bonchev–Trinajstić information content (AvgIpc) is 2.10. The Morgan fingerprint density at radius 1 is 1.53 bits per heavy atom. The molecule has 0 aliphatic heterocycles. The van der Waals surface area contributed by atoms with Crippen LogP contribution in [0.15, 0.2) is 22.7 Å². The molecule has 0 aliphatic rings. The lowest BCUT2D eigenvalue weighted by molar-refractivity contribution is -0.120. The van der Waals surface area contributed by atoms with E-state index in [0.29, 0.717) is 5.56 Å². The molecule has 0 saturated heterocycles. The Labute approximate surface area is 97.0 Å². The van der Waals surface area contributed by atoms with Gasteiger partial charge in [0.2, 0.25) is 5.91 Å². The van der Waals surface area contributed by atoms with E-state index in [2.05, 4.69) is 21.2 Å². The van der Waals surface area contributed by atoms with Gasteiger partial charge in [0.15, 0.2) is 0 Å². The molecule has 0 fully saturated rings. The van der Waals surface area contributed by atoms with Gasteiger partial charge in [0.1, 0.15) is 5.82 Å². The van der Waals surface area contributed by atoms with Crippen LogP contribution in [0, 0.1) is 5.82 Å². The SMILES string of the molecule is CC(C)NC(=O)Cc1cc(F)ccc1Br. The molecule has 0 aliphatic carbocycles. The predicted molar refractivity (Wildman–Crippen MR) is 61.1 cm³/mol. The number of carbonyl (C=O) groups excluding carboxylic acids is 1. The maximum absolute atomic E-state index is 12.9. The highest BCUT2D eigenvalue weighted by atomic mass is 79.9. The molecule has 1 N–H and O–H groups in total. The molecule has 0 unspecified atom stereocenters. The van der Waals surface area contributed by atoms with E-state index in [0.717, 1.165) is 4.47 Å². The van der Waals surface area contributed by atoms with Crippen molar-refractivity contribution in [1.29, 1.82) is 0 Å². The van der Waals surface area contributed by atoms with Crippen molar-refractivity contribution in [3.8, 4) is 0 Å². The van der Waals surface area contributed by atoms with Gasteiger partial charge < -0.3 is 5.32 Å². The highest BCUT2D eigenvalue weighted by Crippen LogP contribution is 2.18. The molecule has 0 atom stereocenters. The van der Waals surface area contributed by atoms with Crippen molar-refractivity contribution in [2.45, 2.75) is 26.3 Å². The summed E-state index contributed by atoms with van der Waals surface area (Å²) in [5.41, 5.74) is 0.660. The standard InChI is InChI=1S/C11H13BrFNO/c1-7(2)14-11(15)6-8-5-9(13)3-4-10(8)12/h3-5,7H,6H2,1-2H3,(H,14,15). The van der Waals surface area contributed by atoms with Crippen LogP contribution in [0.3, 0.4) is 0 Å². The lowest BCUT2D eigenvalue weighted by atomic mass is 10.1. The van der Waals surface area contributed by atoms with E-state index in [9.17, 15) is 9.18 Å². The Bertz CT molecular complexity index is 366. The lowest BCUT2D eigenvalue weighted by Crippen LogP contribution is -2.31. The van der Waals surface area contributed by atoms with E-state index < -0.39 is 0 Å². The summed E-state index contributed by atoms with van der Waals surface area (Å²) >= 11 is 3.28. The summed E-state index contributed by atoms with van der Waals surface area (Å²) in [4.78, 5) is 11.4. The number of rotatable bonds is 3. The second-order valence-corrected chi connectivity index (χ2v) is 4.49. The summed E-state index contributed by atoms with van der Waals surface area (Å²) in [5, 5.41) is 2.76. The van der Waals surface area contributed by atoms with Gasteiger partial charge in [-0.05, 0) is 37.6 Å². The first kappa shape index (κ1) is 12.2. The molecule has 1 amide bonds. The van der Waals surface area contributed by atoms with Crippen molar-refractivity contribution in [3.05, 3.63) is 34.1 Å². The number of carbonyl (C=O) groups is 1. The first-order valence-corrected chi connectivity index (χ1v) is 5.51. The summed E-state index contributed by atoms with van der Waals surface area (Å²) < 4.78 is 13.7. The van der Waals surface area contributed by atoms with Crippen molar-refractivity contribution in [3.63, 3.8) is 0 Å². The van der Waals surface area contributed by atoms with Crippen LogP contribution in [-0.4, -0.2) is 11.9 Å². The predicted octanol–water partition coefficient (Wildman–Crippen LogP) is 2.66. The summed E-state index contributed by atoms with van der Waals surface area (Å²) in [6.07, 6.45) is 0.191. The van der Waals surface area contributed by atoms with Crippen molar-refractivity contribution in [1.82, 2.24) is 5.32 Å². The van der Waals surface area contributed by atoms with Crippen LogP contribution in [0.1, 0.15) is 19.4 Å². The van der Waals surface area contributed by atoms with E-state index >= 15 is 0 Å². The van der Waals surface area contributed by atoms with E-state index in [-0.39, 0.29) is 24.2 Å². The van der Waals surface area contributed by atoms with E-state index in [1.54, 1.807) is 6.07 Å². The van der Waals surface area contributed by atoms with Gasteiger partial charge >= 0.3 is 0 Å². The normalized spacial score (nSPS) is 10.5. The third-order valence-electron chi connectivity index (χ3n) is 1.81. The van der Waals surface area contributed by atoms with Crippen LogP contribution in [0.4, 0.5) is 4.39 Å². The molecule has 4 heteroatoms. The fraction of sp³-hybridized carbons (Fsp3) is 0.364. The third kappa shape index (κ3) is 4.00. The number of benzene rings is 1. The molecule has 82 valence electrons. The highest BCUT2D eigenvalue weighted by molar-refractivity contribution is 9.10. The number of hydrogen-bond acceptors (Lipinski definition) is 1. The van der Waals surface area contributed by atoms with Crippen LogP contribution in [0.25, 0.3) is 0 Å². The van der Waals surface area contributed by atoms with Gasteiger partial charge in [0, 0.05) is 10.5 Å². The molecule has 1 rings (SSSR count). The Morgan fingerprint density at radius 2 is 2.20 bits per heavy atom. The zero-order valence-corrected chi connectivity index (χ0v) is 10.3. The molecule has 0 saturated carbocycles. The average molecular weight is 274 g/mol. The first-order chi connectivity index (χ1) is 6.99. The maximum Gasteiger partial charge on any atom is 0.224 e. The van der Waals surface area contributed by atoms with E-state index in [1.165, 1.54) is 12.1 Å².